The van der Waals surface area contributed by atoms with E-state index in [0.717, 1.165) is 24.1 Å². The number of carbonyl (C=O) groups is 5. The van der Waals surface area contributed by atoms with Crippen molar-refractivity contribution in [1.29, 1.82) is 0 Å². The highest BCUT2D eigenvalue weighted by atomic mass is 16.4. The second-order valence-corrected chi connectivity index (χ2v) is 15.4. The van der Waals surface area contributed by atoms with Crippen molar-refractivity contribution in [2.24, 2.45) is 29.2 Å². The van der Waals surface area contributed by atoms with Gasteiger partial charge in [0.2, 0.25) is 17.7 Å². The zero-order chi connectivity index (χ0) is 38.4. The van der Waals surface area contributed by atoms with E-state index in [-0.39, 0.29) is 74.2 Å². The molecule has 1 unspecified atom stereocenters. The molecule has 2 aromatic rings. The Morgan fingerprint density at radius 2 is 1.58 bits per heavy atom. The molecule has 12 heteroatoms. The number of nitrogens with zero attached hydrogens (tertiary/aromatic N) is 2. The first-order chi connectivity index (χ1) is 25.4. The first-order valence-electron chi connectivity index (χ1n) is 19.3. The number of hydrogen-bond acceptors (Lipinski definition) is 8. The average Bonchev–Trinajstić information content (AvgIpc) is 3.68. The van der Waals surface area contributed by atoms with Crippen LogP contribution < -0.4 is 22.1 Å². The molecule has 0 radical (unpaired) electrons. The molecule has 0 aromatic heterocycles. The molecule has 2 saturated heterocycles. The molecular weight excluding hydrogens is 672 g/mol. The van der Waals surface area contributed by atoms with Gasteiger partial charge in [0, 0.05) is 51.0 Å². The Kier molecular flexibility index (Phi) is 16.0. The summed E-state index contributed by atoms with van der Waals surface area (Å²) in [6.45, 7) is 6.76. The number of rotatable bonds is 20. The summed E-state index contributed by atoms with van der Waals surface area (Å²) in [5.74, 6) is -3.28. The second kappa shape index (κ2) is 20.4. The van der Waals surface area contributed by atoms with Gasteiger partial charge in [-0.1, -0.05) is 80.9 Å². The lowest BCUT2D eigenvalue weighted by Crippen LogP contribution is -2.57. The summed E-state index contributed by atoms with van der Waals surface area (Å²) in [6, 6.07) is 18.6. The van der Waals surface area contributed by atoms with Gasteiger partial charge in [-0.15, -0.1) is 0 Å². The fourth-order valence-corrected chi connectivity index (χ4v) is 7.45. The van der Waals surface area contributed by atoms with Crippen molar-refractivity contribution >= 4 is 29.5 Å². The van der Waals surface area contributed by atoms with Crippen LogP contribution in [0.25, 0.3) is 0 Å². The number of amides is 3. The SMILES string of the molecule is CC(C)C[C@@H](NC(=O)[C@H](CC(=O)N(Cc1ccccc1)C1CCNC1)Cc1ccccc1)C(=O)C[C@H](CCCCN)C(=O)N1CCC(N)(C(=O)O)CC1. The van der Waals surface area contributed by atoms with Gasteiger partial charge in [-0.2, -0.15) is 0 Å². The molecule has 2 fully saturated rings. The van der Waals surface area contributed by atoms with Crippen molar-refractivity contribution in [3.63, 3.8) is 0 Å². The van der Waals surface area contributed by atoms with Crippen LogP contribution in [0.2, 0.25) is 0 Å². The fraction of sp³-hybridized carbons (Fsp3) is 0.585. The highest BCUT2D eigenvalue weighted by molar-refractivity contribution is 5.94. The Labute approximate surface area is 314 Å². The molecule has 0 bridgehead atoms. The van der Waals surface area contributed by atoms with Crippen LogP contribution in [0.3, 0.4) is 0 Å². The van der Waals surface area contributed by atoms with E-state index in [1.54, 1.807) is 4.90 Å². The number of benzene rings is 2. The Hall–Kier alpha value is -4.13. The predicted molar refractivity (Wildman–Crippen MR) is 204 cm³/mol. The molecule has 2 aliphatic rings. The van der Waals surface area contributed by atoms with Crippen molar-refractivity contribution in [3.05, 3.63) is 71.8 Å². The van der Waals surface area contributed by atoms with E-state index < -0.39 is 29.4 Å². The summed E-state index contributed by atoms with van der Waals surface area (Å²) in [5.41, 5.74) is 12.4. The molecule has 2 heterocycles. The first-order valence-corrected chi connectivity index (χ1v) is 19.3. The Balaban J connectivity index is 1.52. The van der Waals surface area contributed by atoms with Crippen LogP contribution in [0.4, 0.5) is 0 Å². The molecule has 0 saturated carbocycles. The van der Waals surface area contributed by atoms with Crippen LogP contribution in [-0.4, -0.2) is 94.7 Å². The van der Waals surface area contributed by atoms with Gasteiger partial charge >= 0.3 is 5.97 Å². The minimum atomic E-state index is -1.38. The van der Waals surface area contributed by atoms with Gasteiger partial charge in [0.15, 0.2) is 5.78 Å². The number of nitrogens with two attached hydrogens (primary N) is 2. The van der Waals surface area contributed by atoms with Crippen molar-refractivity contribution < 1.29 is 29.1 Å². The van der Waals surface area contributed by atoms with Crippen LogP contribution in [-0.2, 0) is 36.9 Å². The van der Waals surface area contributed by atoms with E-state index in [0.29, 0.717) is 51.7 Å². The highest BCUT2D eigenvalue weighted by Gasteiger charge is 2.41. The summed E-state index contributed by atoms with van der Waals surface area (Å²) in [4.78, 5) is 71.6. The number of Topliss-reactive ketones (excluding diaryl/α,β-unsaturated/α-hetero) is 1. The van der Waals surface area contributed by atoms with Crippen LogP contribution in [0, 0.1) is 17.8 Å². The van der Waals surface area contributed by atoms with Gasteiger partial charge in [0.05, 0.1) is 12.0 Å². The minimum absolute atomic E-state index is 0.0115. The Morgan fingerprint density at radius 3 is 2.15 bits per heavy atom. The topological polar surface area (TPSA) is 188 Å². The van der Waals surface area contributed by atoms with Gasteiger partial charge < -0.3 is 37.0 Å². The highest BCUT2D eigenvalue weighted by Crippen LogP contribution is 2.26. The monoisotopic (exact) mass is 732 g/mol. The number of unbranched alkanes of at least 4 members (excludes halogenated alkanes) is 1. The van der Waals surface area contributed by atoms with Crippen molar-refractivity contribution in [2.45, 2.75) is 102 Å². The normalized spacial score (nSPS) is 18.6. The summed E-state index contributed by atoms with van der Waals surface area (Å²) in [7, 11) is 0. The van der Waals surface area contributed by atoms with Crippen LogP contribution in [0.5, 0.6) is 0 Å². The average molecular weight is 733 g/mol. The molecule has 290 valence electrons. The number of carboxylic acid groups (broad SMARTS) is 1. The van der Waals surface area contributed by atoms with Crippen LogP contribution >= 0.6 is 0 Å². The van der Waals surface area contributed by atoms with Gasteiger partial charge in [0.1, 0.15) is 5.54 Å². The molecule has 4 atom stereocenters. The lowest BCUT2D eigenvalue weighted by molar-refractivity contribution is -0.149. The summed E-state index contributed by atoms with van der Waals surface area (Å²) in [6.07, 6.45) is 3.53. The maximum atomic E-state index is 14.3. The molecule has 4 rings (SSSR count). The van der Waals surface area contributed by atoms with E-state index in [1.807, 2.05) is 79.4 Å². The minimum Gasteiger partial charge on any atom is -0.480 e. The zero-order valence-electron chi connectivity index (χ0n) is 31.5. The number of piperidine rings is 1. The summed E-state index contributed by atoms with van der Waals surface area (Å²) in [5, 5.41) is 16.0. The quantitative estimate of drug-likeness (QED) is 0.127. The maximum Gasteiger partial charge on any atom is 0.323 e. The van der Waals surface area contributed by atoms with Crippen LogP contribution in [0.15, 0.2) is 60.7 Å². The van der Waals surface area contributed by atoms with Gasteiger partial charge in [-0.05, 0) is 75.1 Å². The third-order valence-electron chi connectivity index (χ3n) is 10.7. The molecular formula is C41H60N6O6. The molecule has 7 N–H and O–H groups in total. The standard InChI is InChI=1S/C41H60N6O6/c1-29(2)23-35(36(48)25-32(15-9-10-19-42)39(51)46-21-17-41(43,18-22-46)40(52)53)45-38(50)33(24-30-11-5-3-6-12-30)26-37(49)47(34-16-20-44-27-34)28-31-13-7-4-8-14-31/h3-8,11-14,29,32-35,44H,9-10,15-28,42-43H2,1-2H3,(H,45,50)(H,52,53)/t32-,33-,34?,35+/m0/s1. The predicted octanol–water partition coefficient (Wildman–Crippen LogP) is 3.27. The lowest BCUT2D eigenvalue weighted by atomic mass is 9.86. The number of nitrogens with one attached hydrogen (secondary N) is 2. The first kappa shape index (κ1) is 41.6. The van der Waals surface area contributed by atoms with E-state index in [2.05, 4.69) is 10.6 Å². The van der Waals surface area contributed by atoms with E-state index in [1.165, 1.54) is 0 Å². The van der Waals surface area contributed by atoms with Gasteiger partial charge in [0.25, 0.3) is 0 Å². The summed E-state index contributed by atoms with van der Waals surface area (Å²) >= 11 is 0. The number of ketones is 1. The zero-order valence-corrected chi connectivity index (χ0v) is 31.5. The second-order valence-electron chi connectivity index (χ2n) is 15.4. The van der Waals surface area contributed by atoms with E-state index in [4.69, 9.17) is 11.5 Å². The molecule has 2 aromatic carbocycles. The molecule has 12 nitrogen and oxygen atoms in total. The van der Waals surface area contributed by atoms with Gasteiger partial charge in [-0.3, -0.25) is 24.0 Å². The van der Waals surface area contributed by atoms with Crippen molar-refractivity contribution in [2.75, 3.05) is 32.7 Å². The maximum absolute atomic E-state index is 14.3. The number of likely N-dealkylation sites (tertiary alicyclic amines) is 1. The third kappa shape index (κ3) is 12.5. The van der Waals surface area contributed by atoms with E-state index in [9.17, 15) is 29.1 Å². The molecule has 3 amide bonds. The van der Waals surface area contributed by atoms with Crippen LogP contribution in [0.1, 0.15) is 82.8 Å². The lowest BCUT2D eigenvalue weighted by Gasteiger charge is -2.38. The van der Waals surface area contributed by atoms with E-state index >= 15 is 0 Å². The van der Waals surface area contributed by atoms with Crippen molar-refractivity contribution in [1.82, 2.24) is 20.4 Å². The number of carbonyl (C=O) groups excluding carboxylic acids is 4. The van der Waals surface area contributed by atoms with Crippen molar-refractivity contribution in [3.8, 4) is 0 Å². The number of hydrogen-bond donors (Lipinski definition) is 5. The number of carboxylic acids is 1. The molecule has 53 heavy (non-hydrogen) atoms. The molecule has 0 spiro atoms. The Morgan fingerprint density at radius 1 is 0.943 bits per heavy atom. The molecule has 2 aliphatic heterocycles. The smallest absolute Gasteiger partial charge is 0.323 e. The number of aliphatic carboxylic acids is 1. The fourth-order valence-electron chi connectivity index (χ4n) is 7.45. The van der Waals surface area contributed by atoms with Gasteiger partial charge in [-0.25, -0.2) is 0 Å². The Bertz CT molecular complexity index is 1490. The third-order valence-corrected chi connectivity index (χ3v) is 10.7. The molecule has 0 aliphatic carbocycles. The summed E-state index contributed by atoms with van der Waals surface area (Å²) < 4.78 is 0. The largest absolute Gasteiger partial charge is 0.480 e.